The molecule has 0 unspecified atom stereocenters. The van der Waals surface area contributed by atoms with Crippen molar-refractivity contribution in [3.8, 4) is 34.1 Å². The lowest BCUT2D eigenvalue weighted by Gasteiger charge is -2.20. The number of hydrogen-bond acceptors (Lipinski definition) is 3. The summed E-state index contributed by atoms with van der Waals surface area (Å²) in [6, 6.07) is 36.3. The third kappa shape index (κ3) is 5.68. The molecule has 242 valence electrons. The van der Waals surface area contributed by atoms with E-state index in [1.807, 2.05) is 12.3 Å². The molecular weight excluding hydrogens is 589 g/mol. The standard InChI is InChI=1S/C43H44N4O/c1-27(2)41-40(30-18-16-29(5)17-19-30)42(28(3)4)47(45-41)32-12-11-13-33(25-32)48-34-20-21-36-35-14-9-10-15-37(35)46(38(36)26-34)39-24-31(22-23-44-39)43(6,7)8/h9-28H,1-8H3. The number of benzene rings is 4. The van der Waals surface area contributed by atoms with Crippen LogP contribution in [-0.4, -0.2) is 19.3 Å². The van der Waals surface area contributed by atoms with Crippen LogP contribution >= 0.6 is 0 Å². The summed E-state index contributed by atoms with van der Waals surface area (Å²) in [5.41, 5.74) is 10.4. The molecule has 0 aliphatic rings. The van der Waals surface area contributed by atoms with Gasteiger partial charge in [0.2, 0.25) is 0 Å². The van der Waals surface area contributed by atoms with Gasteiger partial charge in [-0.1, -0.05) is 103 Å². The van der Waals surface area contributed by atoms with Crippen LogP contribution in [0.4, 0.5) is 0 Å². The van der Waals surface area contributed by atoms with Crippen molar-refractivity contribution in [2.75, 3.05) is 0 Å². The Labute approximate surface area is 283 Å². The summed E-state index contributed by atoms with van der Waals surface area (Å²) >= 11 is 0. The van der Waals surface area contributed by atoms with E-state index >= 15 is 0 Å². The van der Waals surface area contributed by atoms with Gasteiger partial charge in [0.1, 0.15) is 17.3 Å². The molecule has 0 aliphatic heterocycles. The quantitative estimate of drug-likeness (QED) is 0.176. The van der Waals surface area contributed by atoms with Crippen LogP contribution in [0.5, 0.6) is 11.5 Å². The maximum atomic E-state index is 6.62. The smallest absolute Gasteiger partial charge is 0.137 e. The second-order valence-electron chi connectivity index (χ2n) is 14.5. The number of rotatable bonds is 7. The first-order valence-corrected chi connectivity index (χ1v) is 17.0. The fraction of sp³-hybridized carbons (Fsp3) is 0.256. The Morgan fingerprint density at radius 2 is 1.42 bits per heavy atom. The van der Waals surface area contributed by atoms with Crippen molar-refractivity contribution in [2.45, 2.75) is 72.6 Å². The largest absolute Gasteiger partial charge is 0.457 e. The van der Waals surface area contributed by atoms with Crippen LogP contribution in [0, 0.1) is 6.92 Å². The van der Waals surface area contributed by atoms with Crippen molar-refractivity contribution in [3.63, 3.8) is 0 Å². The minimum absolute atomic E-state index is 0.0105. The molecule has 4 aromatic carbocycles. The van der Waals surface area contributed by atoms with E-state index in [2.05, 4.69) is 162 Å². The van der Waals surface area contributed by atoms with E-state index in [0.717, 1.165) is 45.1 Å². The Hall–Kier alpha value is -5.16. The number of aromatic nitrogens is 4. The fourth-order valence-electron chi connectivity index (χ4n) is 6.68. The van der Waals surface area contributed by atoms with Crippen molar-refractivity contribution in [2.24, 2.45) is 0 Å². The third-order valence-corrected chi connectivity index (χ3v) is 9.17. The topological polar surface area (TPSA) is 44.9 Å². The van der Waals surface area contributed by atoms with E-state index in [-0.39, 0.29) is 17.3 Å². The SMILES string of the molecule is Cc1ccc(-c2c(C(C)C)nn(-c3cccc(Oc4ccc5c6ccccc6n(-c6cc(C(C)(C)C)ccn6)c5c4)c3)c2C(C)C)cc1. The van der Waals surface area contributed by atoms with E-state index in [1.54, 1.807) is 0 Å². The van der Waals surface area contributed by atoms with Crippen LogP contribution in [-0.2, 0) is 5.41 Å². The van der Waals surface area contributed by atoms with Gasteiger partial charge in [0, 0.05) is 34.7 Å². The van der Waals surface area contributed by atoms with Gasteiger partial charge in [-0.2, -0.15) is 5.10 Å². The van der Waals surface area contributed by atoms with Crippen LogP contribution < -0.4 is 4.74 Å². The van der Waals surface area contributed by atoms with Crippen LogP contribution in [0.1, 0.15) is 82.8 Å². The van der Waals surface area contributed by atoms with E-state index in [9.17, 15) is 0 Å². The van der Waals surface area contributed by atoms with Gasteiger partial charge in [0.05, 0.1) is 28.1 Å². The summed E-state index contributed by atoms with van der Waals surface area (Å²) in [5, 5.41) is 7.59. The van der Waals surface area contributed by atoms with Crippen molar-refractivity contribution in [3.05, 3.63) is 132 Å². The summed E-state index contributed by atoms with van der Waals surface area (Å²) < 4.78 is 11.0. The highest BCUT2D eigenvalue weighted by molar-refractivity contribution is 6.09. The van der Waals surface area contributed by atoms with E-state index in [4.69, 9.17) is 14.8 Å². The zero-order valence-corrected chi connectivity index (χ0v) is 29.2. The Bertz CT molecular complexity index is 2260. The number of aryl methyl sites for hydroxylation is 1. The zero-order chi connectivity index (χ0) is 33.7. The minimum Gasteiger partial charge on any atom is -0.457 e. The molecule has 0 radical (unpaired) electrons. The highest BCUT2D eigenvalue weighted by atomic mass is 16.5. The lowest BCUT2D eigenvalue weighted by Crippen LogP contribution is -2.12. The molecule has 0 saturated heterocycles. The van der Waals surface area contributed by atoms with Crippen molar-refractivity contribution in [1.82, 2.24) is 19.3 Å². The van der Waals surface area contributed by atoms with Crippen LogP contribution in [0.3, 0.4) is 0 Å². The van der Waals surface area contributed by atoms with Gasteiger partial charge in [-0.05, 0) is 77.8 Å². The summed E-state index contributed by atoms with van der Waals surface area (Å²) in [7, 11) is 0. The van der Waals surface area contributed by atoms with Gasteiger partial charge >= 0.3 is 0 Å². The maximum Gasteiger partial charge on any atom is 0.137 e. The molecule has 5 heteroatoms. The number of hydrogen-bond donors (Lipinski definition) is 0. The number of pyridine rings is 1. The molecule has 3 heterocycles. The second kappa shape index (κ2) is 12.1. The fourth-order valence-corrected chi connectivity index (χ4v) is 6.68. The highest BCUT2D eigenvalue weighted by Crippen LogP contribution is 2.39. The second-order valence-corrected chi connectivity index (χ2v) is 14.5. The summed E-state index contributed by atoms with van der Waals surface area (Å²) in [6.45, 7) is 17.8. The van der Waals surface area contributed by atoms with Gasteiger partial charge in [-0.3, -0.25) is 4.57 Å². The summed E-state index contributed by atoms with van der Waals surface area (Å²) in [5.74, 6) is 2.97. The molecule has 7 rings (SSSR count). The zero-order valence-electron chi connectivity index (χ0n) is 29.2. The molecule has 0 bridgehead atoms. The minimum atomic E-state index is 0.0105. The molecule has 7 aromatic rings. The first kappa shape index (κ1) is 31.4. The summed E-state index contributed by atoms with van der Waals surface area (Å²) in [6.07, 6.45) is 1.91. The molecule has 0 fully saturated rings. The van der Waals surface area contributed by atoms with Crippen LogP contribution in [0.15, 0.2) is 109 Å². The predicted octanol–water partition coefficient (Wildman–Crippen LogP) is 11.7. The van der Waals surface area contributed by atoms with Gasteiger partial charge in [-0.25, -0.2) is 9.67 Å². The Morgan fingerprint density at radius 1 is 0.688 bits per heavy atom. The Kier molecular flexibility index (Phi) is 7.95. The first-order chi connectivity index (χ1) is 23.0. The van der Waals surface area contributed by atoms with E-state index in [1.165, 1.54) is 33.3 Å². The highest BCUT2D eigenvalue weighted by Gasteiger charge is 2.24. The van der Waals surface area contributed by atoms with Gasteiger partial charge in [-0.15, -0.1) is 0 Å². The predicted molar refractivity (Wildman–Crippen MR) is 199 cm³/mol. The normalized spacial score (nSPS) is 12.1. The van der Waals surface area contributed by atoms with E-state index < -0.39 is 0 Å². The van der Waals surface area contributed by atoms with Crippen LogP contribution in [0.2, 0.25) is 0 Å². The average Bonchev–Trinajstić information content (AvgIpc) is 3.62. The lowest BCUT2D eigenvalue weighted by atomic mass is 9.88. The molecule has 0 atom stereocenters. The molecule has 48 heavy (non-hydrogen) atoms. The van der Waals surface area contributed by atoms with Crippen molar-refractivity contribution < 1.29 is 4.74 Å². The molecule has 0 amide bonds. The molecular formula is C43H44N4O. The molecule has 5 nitrogen and oxygen atoms in total. The molecule has 0 saturated carbocycles. The number of ether oxygens (including phenoxy) is 1. The number of fused-ring (bicyclic) bond motifs is 3. The van der Waals surface area contributed by atoms with Crippen molar-refractivity contribution >= 4 is 21.8 Å². The molecule has 0 spiro atoms. The monoisotopic (exact) mass is 632 g/mol. The van der Waals surface area contributed by atoms with Crippen LogP contribution in [0.25, 0.3) is 44.4 Å². The first-order valence-electron chi connectivity index (χ1n) is 17.0. The van der Waals surface area contributed by atoms with Crippen molar-refractivity contribution in [1.29, 1.82) is 0 Å². The Morgan fingerprint density at radius 3 is 2.15 bits per heavy atom. The lowest BCUT2D eigenvalue weighted by molar-refractivity contribution is 0.482. The molecule has 3 aromatic heterocycles. The number of para-hydroxylation sites is 1. The van der Waals surface area contributed by atoms with Gasteiger partial charge in [0.25, 0.3) is 0 Å². The Balaban J connectivity index is 1.32. The number of nitrogens with zero attached hydrogens (tertiary/aromatic N) is 4. The van der Waals surface area contributed by atoms with E-state index in [0.29, 0.717) is 0 Å². The van der Waals surface area contributed by atoms with Gasteiger partial charge < -0.3 is 4.74 Å². The molecule has 0 aliphatic carbocycles. The average molecular weight is 633 g/mol. The summed E-state index contributed by atoms with van der Waals surface area (Å²) in [4.78, 5) is 4.84. The third-order valence-electron chi connectivity index (χ3n) is 9.17. The maximum absolute atomic E-state index is 6.62. The van der Waals surface area contributed by atoms with Gasteiger partial charge in [0.15, 0.2) is 0 Å². The molecule has 0 N–H and O–H groups in total.